The zero-order chi connectivity index (χ0) is 22.1. The average molecular weight is 415 g/mol. The van der Waals surface area contributed by atoms with Crippen molar-refractivity contribution in [3.8, 4) is 11.5 Å². The largest absolute Gasteiger partial charge is 0.496 e. The Hall–Kier alpha value is -4.55. The number of nitrogens with zero attached hydrogens (tertiary/aromatic N) is 4. The molecule has 13 nitrogen and oxygen atoms in total. The van der Waals surface area contributed by atoms with Gasteiger partial charge in [-0.2, -0.15) is 10.2 Å². The molecular weight excluding hydrogens is 398 g/mol. The molecule has 0 aromatic heterocycles. The number of ether oxygens (including phenoxy) is 2. The molecule has 0 unspecified atom stereocenters. The minimum atomic E-state index is -0.542. The van der Waals surface area contributed by atoms with Gasteiger partial charge >= 0.3 is 0 Å². The van der Waals surface area contributed by atoms with Crippen molar-refractivity contribution in [3.05, 3.63) is 67.8 Å². The third-order valence-corrected chi connectivity index (χ3v) is 3.62. The third kappa shape index (κ3) is 5.72. The van der Waals surface area contributed by atoms with Crippen LogP contribution in [0.2, 0.25) is 0 Å². The standard InChI is InChI=1S/C17H17N7O6/c1-29-15-7-13(23(25)26)5-3-11(15)9-19-21-17(18)22-20-10-12-4-6-14(24(27)28)8-16(12)30-2/h3-10H,1-2H3,(H3,18,21,22)/b19-9+,20-10+. The first-order valence-corrected chi connectivity index (χ1v) is 8.17. The first-order chi connectivity index (χ1) is 14.3. The van der Waals surface area contributed by atoms with Gasteiger partial charge in [0.25, 0.3) is 11.4 Å². The summed E-state index contributed by atoms with van der Waals surface area (Å²) in [6.07, 6.45) is 2.64. The maximum Gasteiger partial charge on any atom is 0.273 e. The highest BCUT2D eigenvalue weighted by molar-refractivity contribution is 5.87. The molecule has 0 fully saturated rings. The van der Waals surface area contributed by atoms with Crippen LogP contribution in [-0.4, -0.2) is 42.5 Å². The molecule has 156 valence electrons. The van der Waals surface area contributed by atoms with Crippen LogP contribution in [0.15, 0.2) is 46.6 Å². The van der Waals surface area contributed by atoms with E-state index in [4.69, 9.17) is 14.9 Å². The van der Waals surface area contributed by atoms with Gasteiger partial charge in [0, 0.05) is 23.3 Å². The van der Waals surface area contributed by atoms with Crippen LogP contribution >= 0.6 is 0 Å². The number of nitro groups is 2. The second kappa shape index (κ2) is 10.1. The Kier molecular flexibility index (Phi) is 7.34. The van der Waals surface area contributed by atoms with E-state index < -0.39 is 9.85 Å². The molecular formula is C17H17N7O6. The molecule has 0 heterocycles. The molecule has 2 aromatic carbocycles. The SMILES string of the molecule is COc1cc([N+](=O)[O-])ccc1/C=N/NC(=N)N/N=C/c1ccc([N+](=O)[O-])cc1OC. The van der Waals surface area contributed by atoms with E-state index >= 15 is 0 Å². The zero-order valence-electron chi connectivity index (χ0n) is 15.9. The van der Waals surface area contributed by atoms with Crippen LogP contribution in [0.1, 0.15) is 11.1 Å². The van der Waals surface area contributed by atoms with Gasteiger partial charge < -0.3 is 9.47 Å². The predicted molar refractivity (Wildman–Crippen MR) is 108 cm³/mol. The molecule has 0 aliphatic rings. The van der Waals surface area contributed by atoms with Crippen LogP contribution < -0.4 is 20.3 Å². The number of rotatable bonds is 8. The molecule has 0 saturated carbocycles. The highest BCUT2D eigenvalue weighted by atomic mass is 16.6. The van der Waals surface area contributed by atoms with Crippen LogP contribution in [0, 0.1) is 25.6 Å². The fourth-order valence-corrected chi connectivity index (χ4v) is 2.20. The summed E-state index contributed by atoms with van der Waals surface area (Å²) in [6.45, 7) is 0. The molecule has 2 rings (SSSR count). The maximum atomic E-state index is 10.8. The third-order valence-electron chi connectivity index (χ3n) is 3.62. The molecule has 0 radical (unpaired) electrons. The number of nitro benzene ring substituents is 2. The normalized spacial score (nSPS) is 10.7. The molecule has 0 saturated heterocycles. The number of hydrogen-bond acceptors (Lipinski definition) is 9. The van der Waals surface area contributed by atoms with Crippen molar-refractivity contribution >= 4 is 29.8 Å². The highest BCUT2D eigenvalue weighted by Crippen LogP contribution is 2.24. The van der Waals surface area contributed by atoms with Gasteiger partial charge in [-0.1, -0.05) is 0 Å². The van der Waals surface area contributed by atoms with Gasteiger partial charge in [-0.15, -0.1) is 0 Å². The van der Waals surface area contributed by atoms with Gasteiger partial charge in [0.1, 0.15) is 11.5 Å². The Morgan fingerprint density at radius 2 is 1.30 bits per heavy atom. The van der Waals surface area contributed by atoms with Crippen molar-refractivity contribution in [2.75, 3.05) is 14.2 Å². The van der Waals surface area contributed by atoms with Crippen LogP contribution in [0.25, 0.3) is 0 Å². The lowest BCUT2D eigenvalue weighted by Gasteiger charge is -2.05. The van der Waals surface area contributed by atoms with E-state index in [1.165, 1.54) is 63.0 Å². The van der Waals surface area contributed by atoms with Gasteiger partial charge in [-0.25, -0.2) is 10.9 Å². The van der Waals surface area contributed by atoms with Crippen molar-refractivity contribution in [2.45, 2.75) is 0 Å². The number of benzene rings is 2. The van der Waals surface area contributed by atoms with E-state index in [0.29, 0.717) is 11.1 Å². The van der Waals surface area contributed by atoms with Gasteiger partial charge in [0.2, 0.25) is 5.96 Å². The molecule has 2 aromatic rings. The Labute approximate surface area is 169 Å². The molecule has 0 bridgehead atoms. The summed E-state index contributed by atoms with van der Waals surface area (Å²) in [5.74, 6) is 0.222. The smallest absolute Gasteiger partial charge is 0.273 e. The van der Waals surface area contributed by atoms with E-state index in [9.17, 15) is 20.2 Å². The van der Waals surface area contributed by atoms with Gasteiger partial charge in [-0.3, -0.25) is 25.6 Å². The van der Waals surface area contributed by atoms with Gasteiger partial charge in [0.05, 0.1) is 48.6 Å². The van der Waals surface area contributed by atoms with Crippen molar-refractivity contribution < 1.29 is 19.3 Å². The fourth-order valence-electron chi connectivity index (χ4n) is 2.20. The predicted octanol–water partition coefficient (Wildman–Crippen LogP) is 2.00. The number of hydrazone groups is 2. The first-order valence-electron chi connectivity index (χ1n) is 8.17. The number of guanidine groups is 1. The molecule has 13 heteroatoms. The second-order valence-corrected chi connectivity index (χ2v) is 5.48. The topological polar surface area (TPSA) is 177 Å². The summed E-state index contributed by atoms with van der Waals surface area (Å²) < 4.78 is 10.2. The quantitative estimate of drug-likeness (QED) is 0.253. The van der Waals surface area contributed by atoms with Crippen LogP contribution in [0.3, 0.4) is 0 Å². The van der Waals surface area contributed by atoms with Crippen molar-refractivity contribution in [1.82, 2.24) is 10.9 Å². The van der Waals surface area contributed by atoms with E-state index in [1.807, 2.05) is 0 Å². The van der Waals surface area contributed by atoms with Crippen LogP contribution in [0.5, 0.6) is 11.5 Å². The highest BCUT2D eigenvalue weighted by Gasteiger charge is 2.11. The maximum absolute atomic E-state index is 10.8. The fraction of sp³-hybridized carbons (Fsp3) is 0.118. The minimum absolute atomic E-state index is 0.123. The van der Waals surface area contributed by atoms with E-state index in [-0.39, 0.29) is 28.8 Å². The van der Waals surface area contributed by atoms with Crippen LogP contribution in [-0.2, 0) is 0 Å². The first kappa shape index (κ1) is 21.7. The Bertz CT molecular complexity index is 942. The number of nitrogens with one attached hydrogen (secondary N) is 3. The Morgan fingerprint density at radius 1 is 0.900 bits per heavy atom. The number of non-ortho nitro benzene ring substituents is 2. The van der Waals surface area contributed by atoms with Crippen molar-refractivity contribution in [1.29, 1.82) is 5.41 Å². The molecule has 0 aliphatic heterocycles. The van der Waals surface area contributed by atoms with E-state index in [2.05, 4.69) is 21.1 Å². The van der Waals surface area contributed by atoms with Gasteiger partial charge in [-0.05, 0) is 12.1 Å². The number of methoxy groups -OCH3 is 2. The van der Waals surface area contributed by atoms with E-state index in [0.717, 1.165) is 0 Å². The summed E-state index contributed by atoms with van der Waals surface area (Å²) in [7, 11) is 2.74. The lowest BCUT2D eigenvalue weighted by atomic mass is 10.2. The monoisotopic (exact) mass is 415 g/mol. The van der Waals surface area contributed by atoms with Gasteiger partial charge in [0.15, 0.2) is 0 Å². The average Bonchev–Trinajstić information content (AvgIpc) is 2.73. The van der Waals surface area contributed by atoms with Crippen molar-refractivity contribution in [3.63, 3.8) is 0 Å². The Balaban J connectivity index is 1.97. The minimum Gasteiger partial charge on any atom is -0.496 e. The zero-order valence-corrected chi connectivity index (χ0v) is 15.9. The van der Waals surface area contributed by atoms with E-state index in [1.54, 1.807) is 0 Å². The molecule has 0 amide bonds. The molecule has 3 N–H and O–H groups in total. The lowest BCUT2D eigenvalue weighted by molar-refractivity contribution is -0.385. The lowest BCUT2D eigenvalue weighted by Crippen LogP contribution is -2.29. The summed E-state index contributed by atoms with van der Waals surface area (Å²) in [4.78, 5) is 20.5. The van der Waals surface area contributed by atoms with Crippen molar-refractivity contribution in [2.24, 2.45) is 10.2 Å². The Morgan fingerprint density at radius 3 is 1.63 bits per heavy atom. The molecule has 30 heavy (non-hydrogen) atoms. The molecule has 0 aliphatic carbocycles. The summed E-state index contributed by atoms with van der Waals surface area (Å²) >= 11 is 0. The number of hydrogen-bond donors (Lipinski definition) is 3. The second-order valence-electron chi connectivity index (χ2n) is 5.48. The van der Waals surface area contributed by atoms with Crippen LogP contribution in [0.4, 0.5) is 11.4 Å². The molecule has 0 atom stereocenters. The summed E-state index contributed by atoms with van der Waals surface area (Å²) in [6, 6.07) is 8.03. The molecule has 0 spiro atoms. The summed E-state index contributed by atoms with van der Waals surface area (Å²) in [5.41, 5.74) is 5.43. The summed E-state index contributed by atoms with van der Waals surface area (Å²) in [5, 5.41) is 36.9.